The van der Waals surface area contributed by atoms with E-state index in [9.17, 15) is 9.59 Å². The van der Waals surface area contributed by atoms with Gasteiger partial charge in [0.05, 0.1) is 0 Å². The van der Waals surface area contributed by atoms with Crippen LogP contribution in [-0.4, -0.2) is 17.9 Å². The van der Waals surface area contributed by atoms with Crippen molar-refractivity contribution in [3.05, 3.63) is 58.1 Å². The van der Waals surface area contributed by atoms with Gasteiger partial charge in [0.25, 0.3) is 0 Å². The van der Waals surface area contributed by atoms with Crippen LogP contribution < -0.4 is 10.2 Å². The molecule has 0 aromatic heterocycles. The number of rotatable bonds is 1. The molecule has 0 fully saturated rings. The summed E-state index contributed by atoms with van der Waals surface area (Å²) < 4.78 is 0.891. The second-order valence-corrected chi connectivity index (χ2v) is 6.63. The van der Waals surface area contributed by atoms with Gasteiger partial charge in [0.2, 0.25) is 0 Å². The van der Waals surface area contributed by atoms with Crippen LogP contribution in [0.5, 0.6) is 0 Å². The van der Waals surface area contributed by atoms with Gasteiger partial charge in [-0.1, -0.05) is 40.2 Å². The normalized spacial score (nSPS) is 16.1. The van der Waals surface area contributed by atoms with E-state index in [1.165, 1.54) is 0 Å². The smallest absolute Gasteiger partial charge is 0.316 e. The third-order valence-electron chi connectivity index (χ3n) is 4.05. The zero-order valence-electron chi connectivity index (χ0n) is 13.0. The summed E-state index contributed by atoms with van der Waals surface area (Å²) in [6.45, 7) is 3.91. The molecule has 2 aromatic rings. The van der Waals surface area contributed by atoms with Crippen molar-refractivity contribution >= 4 is 39.1 Å². The van der Waals surface area contributed by atoms with E-state index < -0.39 is 11.8 Å². The summed E-state index contributed by atoms with van der Waals surface area (Å²) in [6.07, 6.45) is 0.769. The number of hydrogen-bond donors (Lipinski definition) is 1. The number of para-hydroxylation sites is 1. The van der Waals surface area contributed by atoms with Gasteiger partial charge in [-0.3, -0.25) is 9.59 Å². The van der Waals surface area contributed by atoms with Gasteiger partial charge in [-0.2, -0.15) is 0 Å². The summed E-state index contributed by atoms with van der Waals surface area (Å²) in [7, 11) is 0. The van der Waals surface area contributed by atoms with Crippen LogP contribution in [0.4, 0.5) is 11.4 Å². The molecule has 0 spiro atoms. The van der Waals surface area contributed by atoms with Crippen LogP contribution in [0, 0.1) is 6.92 Å². The summed E-state index contributed by atoms with van der Waals surface area (Å²) in [5.74, 6) is -1.15. The molecule has 1 aliphatic heterocycles. The number of aryl methyl sites for hydroxylation is 1. The van der Waals surface area contributed by atoms with Crippen molar-refractivity contribution in [1.82, 2.24) is 0 Å². The highest BCUT2D eigenvalue weighted by atomic mass is 79.9. The second-order valence-electron chi connectivity index (χ2n) is 5.78. The quantitative estimate of drug-likeness (QED) is 0.776. The molecule has 5 heteroatoms. The molecule has 1 unspecified atom stereocenters. The minimum absolute atomic E-state index is 0.0181. The molecule has 0 radical (unpaired) electrons. The summed E-state index contributed by atoms with van der Waals surface area (Å²) >= 11 is 3.42. The maximum Gasteiger partial charge on any atom is 0.316 e. The van der Waals surface area contributed by atoms with Gasteiger partial charge in [-0.25, -0.2) is 0 Å². The lowest BCUT2D eigenvalue weighted by atomic mass is 10.1. The maximum absolute atomic E-state index is 12.6. The molecule has 4 nitrogen and oxygen atoms in total. The second kappa shape index (κ2) is 6.16. The molecular formula is C18H17BrN2O2. The van der Waals surface area contributed by atoms with Gasteiger partial charge in [0.1, 0.15) is 0 Å². The monoisotopic (exact) mass is 372 g/mol. The number of carbonyl (C=O) groups is 2. The highest BCUT2D eigenvalue weighted by Crippen LogP contribution is 2.32. The third kappa shape index (κ3) is 3.01. The lowest BCUT2D eigenvalue weighted by molar-refractivity contribution is -0.134. The van der Waals surface area contributed by atoms with Gasteiger partial charge in [0, 0.05) is 21.9 Å². The Morgan fingerprint density at radius 2 is 1.96 bits per heavy atom. The summed E-state index contributed by atoms with van der Waals surface area (Å²) in [4.78, 5) is 26.5. The lowest BCUT2D eigenvalue weighted by Gasteiger charge is -2.22. The van der Waals surface area contributed by atoms with Gasteiger partial charge in [0.15, 0.2) is 0 Å². The van der Waals surface area contributed by atoms with Crippen LogP contribution in [0.25, 0.3) is 0 Å². The van der Waals surface area contributed by atoms with E-state index in [4.69, 9.17) is 0 Å². The first-order chi connectivity index (χ1) is 11.0. The van der Waals surface area contributed by atoms with Crippen LogP contribution in [-0.2, 0) is 16.0 Å². The fourth-order valence-electron chi connectivity index (χ4n) is 2.84. The minimum atomic E-state index is -0.621. The number of anilines is 2. The molecule has 0 saturated heterocycles. The van der Waals surface area contributed by atoms with E-state index >= 15 is 0 Å². The Labute approximate surface area is 143 Å². The van der Waals surface area contributed by atoms with Gasteiger partial charge in [-0.15, -0.1) is 0 Å². The standard InChI is InChI=1S/C18H17BrN2O2/c1-11-7-8-14(10-15(11)19)20-17(22)18(23)21-12(2)9-13-5-3-4-6-16(13)21/h3-8,10,12H,9H2,1-2H3,(H,20,22). The minimum Gasteiger partial charge on any atom is -0.318 e. The Morgan fingerprint density at radius 3 is 2.70 bits per heavy atom. The molecule has 0 bridgehead atoms. The lowest BCUT2D eigenvalue weighted by Crippen LogP contribution is -2.43. The zero-order chi connectivity index (χ0) is 16.6. The fourth-order valence-corrected chi connectivity index (χ4v) is 3.22. The van der Waals surface area contributed by atoms with Crippen molar-refractivity contribution in [2.45, 2.75) is 26.3 Å². The molecule has 1 heterocycles. The first-order valence-electron chi connectivity index (χ1n) is 7.46. The Hall–Kier alpha value is -2.14. The third-order valence-corrected chi connectivity index (χ3v) is 4.90. The highest BCUT2D eigenvalue weighted by Gasteiger charge is 2.34. The number of nitrogens with one attached hydrogen (secondary N) is 1. The molecule has 3 rings (SSSR count). The summed E-state index contributed by atoms with van der Waals surface area (Å²) in [5.41, 5.74) is 3.59. The largest absolute Gasteiger partial charge is 0.318 e. The predicted octanol–water partition coefficient (Wildman–Crippen LogP) is 3.67. The van der Waals surface area contributed by atoms with Gasteiger partial charge >= 0.3 is 11.8 Å². The van der Waals surface area contributed by atoms with Gasteiger partial charge in [-0.05, 0) is 49.6 Å². The Kier molecular flexibility index (Phi) is 4.22. The van der Waals surface area contributed by atoms with Crippen LogP contribution in [0.15, 0.2) is 46.9 Å². The SMILES string of the molecule is Cc1ccc(NC(=O)C(=O)N2c3ccccc3CC2C)cc1Br. The van der Waals surface area contributed by atoms with Crippen LogP contribution in [0.2, 0.25) is 0 Å². The van der Waals surface area contributed by atoms with Crippen LogP contribution in [0.3, 0.4) is 0 Å². The molecule has 1 atom stereocenters. The summed E-state index contributed by atoms with van der Waals surface area (Å²) in [6, 6.07) is 13.2. The molecule has 1 aliphatic rings. The van der Waals surface area contributed by atoms with Crippen molar-refractivity contribution in [2.75, 3.05) is 10.2 Å². The van der Waals surface area contributed by atoms with Crippen molar-refractivity contribution in [3.63, 3.8) is 0 Å². The molecule has 2 amide bonds. The molecule has 1 N–H and O–H groups in total. The fraction of sp³-hybridized carbons (Fsp3) is 0.222. The van der Waals surface area contributed by atoms with Crippen molar-refractivity contribution in [3.8, 4) is 0 Å². The molecule has 0 aliphatic carbocycles. The van der Waals surface area contributed by atoms with E-state index in [0.29, 0.717) is 5.69 Å². The Balaban J connectivity index is 1.80. The van der Waals surface area contributed by atoms with Crippen molar-refractivity contribution in [2.24, 2.45) is 0 Å². The van der Waals surface area contributed by atoms with Crippen LogP contribution >= 0.6 is 15.9 Å². The number of nitrogens with zero attached hydrogens (tertiary/aromatic N) is 1. The van der Waals surface area contributed by atoms with Crippen LogP contribution in [0.1, 0.15) is 18.1 Å². The van der Waals surface area contributed by atoms with E-state index in [1.807, 2.05) is 44.2 Å². The number of halogens is 1. The first-order valence-corrected chi connectivity index (χ1v) is 8.25. The Bertz CT molecular complexity index is 788. The van der Waals surface area contributed by atoms with E-state index in [0.717, 1.165) is 27.7 Å². The van der Waals surface area contributed by atoms with E-state index in [2.05, 4.69) is 21.2 Å². The molecule has 2 aromatic carbocycles. The van der Waals surface area contributed by atoms with Crippen molar-refractivity contribution in [1.29, 1.82) is 0 Å². The van der Waals surface area contributed by atoms with Crippen molar-refractivity contribution < 1.29 is 9.59 Å². The van der Waals surface area contributed by atoms with E-state index in [1.54, 1.807) is 17.0 Å². The predicted molar refractivity (Wildman–Crippen MR) is 94.6 cm³/mol. The molecule has 0 saturated carbocycles. The number of amides is 2. The number of carbonyl (C=O) groups excluding carboxylic acids is 2. The zero-order valence-corrected chi connectivity index (χ0v) is 14.6. The highest BCUT2D eigenvalue weighted by molar-refractivity contribution is 9.10. The Morgan fingerprint density at radius 1 is 1.22 bits per heavy atom. The maximum atomic E-state index is 12.6. The average Bonchev–Trinajstić information content (AvgIpc) is 2.86. The topological polar surface area (TPSA) is 49.4 Å². The number of hydrogen-bond acceptors (Lipinski definition) is 2. The van der Waals surface area contributed by atoms with Gasteiger partial charge < -0.3 is 10.2 Å². The molecule has 118 valence electrons. The van der Waals surface area contributed by atoms with E-state index in [-0.39, 0.29) is 6.04 Å². The molecule has 23 heavy (non-hydrogen) atoms. The number of fused-ring (bicyclic) bond motifs is 1. The average molecular weight is 373 g/mol. The molecular weight excluding hydrogens is 356 g/mol. The first kappa shape index (κ1) is 15.7. The number of benzene rings is 2. The summed E-state index contributed by atoms with van der Waals surface area (Å²) in [5, 5.41) is 2.68.